The van der Waals surface area contributed by atoms with Gasteiger partial charge in [-0.25, -0.2) is 0 Å². The molecule has 1 unspecified atom stereocenters. The highest BCUT2D eigenvalue weighted by atomic mass is 127. The maximum Gasteiger partial charge on any atom is 0.0716 e. The van der Waals surface area contributed by atoms with Crippen LogP contribution < -0.4 is 0 Å². The molecule has 3 rings (SSSR count). The van der Waals surface area contributed by atoms with Gasteiger partial charge < -0.3 is 9.47 Å². The summed E-state index contributed by atoms with van der Waals surface area (Å²) in [5.74, 6) is 0.836. The normalized spacial score (nSPS) is 28.1. The van der Waals surface area contributed by atoms with Crippen molar-refractivity contribution in [3.05, 3.63) is 35.9 Å². The molecule has 2 nitrogen and oxygen atoms in total. The van der Waals surface area contributed by atoms with Gasteiger partial charge in [-0.1, -0.05) is 72.2 Å². The molecule has 0 bridgehead atoms. The van der Waals surface area contributed by atoms with Crippen LogP contribution in [0.4, 0.5) is 0 Å². The van der Waals surface area contributed by atoms with Crippen LogP contribution in [0.25, 0.3) is 0 Å². The molecule has 0 radical (unpaired) electrons. The molecule has 1 aliphatic carbocycles. The highest BCUT2D eigenvalue weighted by Crippen LogP contribution is 2.37. The number of rotatable bonds is 8. The molecule has 1 heterocycles. The van der Waals surface area contributed by atoms with E-state index in [1.165, 1.54) is 63.4 Å². The maximum absolute atomic E-state index is 6.53. The van der Waals surface area contributed by atoms with E-state index in [1.807, 2.05) is 0 Å². The molecule has 3 heteroatoms. The first-order valence-corrected chi connectivity index (χ1v) is 11.5. The zero-order valence-electron chi connectivity index (χ0n) is 15.4. The van der Waals surface area contributed by atoms with E-state index >= 15 is 0 Å². The lowest BCUT2D eigenvalue weighted by molar-refractivity contribution is -0.0834. The van der Waals surface area contributed by atoms with E-state index in [4.69, 9.17) is 9.47 Å². The van der Waals surface area contributed by atoms with Gasteiger partial charge in [0.15, 0.2) is 0 Å². The molecule has 2 fully saturated rings. The van der Waals surface area contributed by atoms with Crippen LogP contribution in [0, 0.1) is 5.92 Å². The van der Waals surface area contributed by atoms with E-state index in [-0.39, 0.29) is 0 Å². The Morgan fingerprint density at radius 1 is 1.00 bits per heavy atom. The lowest BCUT2D eigenvalue weighted by Gasteiger charge is -2.39. The summed E-state index contributed by atoms with van der Waals surface area (Å²) in [6.45, 7) is 1.60. The average Bonchev–Trinajstić information content (AvgIpc) is 2.66. The zero-order valence-corrected chi connectivity index (χ0v) is 17.5. The summed E-state index contributed by atoms with van der Waals surface area (Å²) in [6.07, 6.45) is 14.2. The van der Waals surface area contributed by atoms with Crippen molar-refractivity contribution in [3.8, 4) is 0 Å². The SMILES string of the molecule is I[C@H]1CC(CCCCOCc2ccccc2)O[C@@H](C2CCCCC2)C1. The Labute approximate surface area is 167 Å². The Kier molecular flexibility index (Phi) is 8.54. The fraction of sp³-hybridized carbons (Fsp3) is 0.727. The molecular formula is C22H33IO2. The van der Waals surface area contributed by atoms with E-state index in [1.54, 1.807) is 0 Å². The van der Waals surface area contributed by atoms with E-state index in [9.17, 15) is 0 Å². The van der Waals surface area contributed by atoms with Crippen LogP contribution >= 0.6 is 22.6 Å². The molecule has 140 valence electrons. The number of unbranched alkanes of at least 4 members (excludes halogenated alkanes) is 1. The molecular weight excluding hydrogens is 423 g/mol. The Hall–Kier alpha value is -0.130. The summed E-state index contributed by atoms with van der Waals surface area (Å²) in [5.41, 5.74) is 1.26. The van der Waals surface area contributed by atoms with Crippen LogP contribution in [-0.4, -0.2) is 22.7 Å². The summed E-state index contributed by atoms with van der Waals surface area (Å²) in [5, 5.41) is 0. The van der Waals surface area contributed by atoms with Gasteiger partial charge in [-0.3, -0.25) is 0 Å². The predicted molar refractivity (Wildman–Crippen MR) is 112 cm³/mol. The van der Waals surface area contributed by atoms with Crippen LogP contribution in [0.1, 0.15) is 69.8 Å². The number of hydrogen-bond acceptors (Lipinski definition) is 2. The van der Waals surface area contributed by atoms with Gasteiger partial charge in [0.25, 0.3) is 0 Å². The van der Waals surface area contributed by atoms with Crippen molar-refractivity contribution < 1.29 is 9.47 Å². The third kappa shape index (κ3) is 6.84. The summed E-state index contributed by atoms with van der Waals surface area (Å²) in [4.78, 5) is 0. The molecule has 0 aromatic heterocycles. The van der Waals surface area contributed by atoms with Crippen molar-refractivity contribution in [1.82, 2.24) is 0 Å². The zero-order chi connectivity index (χ0) is 17.3. The van der Waals surface area contributed by atoms with Crippen LogP contribution in [0.2, 0.25) is 0 Å². The van der Waals surface area contributed by atoms with Gasteiger partial charge in [-0.15, -0.1) is 0 Å². The van der Waals surface area contributed by atoms with Gasteiger partial charge in [0.1, 0.15) is 0 Å². The number of halogens is 1. The van der Waals surface area contributed by atoms with Crippen molar-refractivity contribution in [2.45, 2.75) is 86.9 Å². The fourth-order valence-corrected chi connectivity index (χ4v) is 5.40. The summed E-state index contributed by atoms with van der Waals surface area (Å²) >= 11 is 2.66. The van der Waals surface area contributed by atoms with Crippen molar-refractivity contribution in [1.29, 1.82) is 0 Å². The number of hydrogen-bond donors (Lipinski definition) is 0. The van der Waals surface area contributed by atoms with E-state index in [0.717, 1.165) is 29.5 Å². The van der Waals surface area contributed by atoms with Crippen LogP contribution in [0.5, 0.6) is 0 Å². The Bertz CT molecular complexity index is 472. The molecule has 3 atom stereocenters. The average molecular weight is 456 g/mol. The van der Waals surface area contributed by atoms with Crippen molar-refractivity contribution in [3.63, 3.8) is 0 Å². The highest BCUT2D eigenvalue weighted by molar-refractivity contribution is 14.1. The Morgan fingerprint density at radius 3 is 2.60 bits per heavy atom. The van der Waals surface area contributed by atoms with Gasteiger partial charge in [-0.2, -0.15) is 0 Å². The van der Waals surface area contributed by atoms with Crippen molar-refractivity contribution in [2.75, 3.05) is 6.61 Å². The third-order valence-corrected chi connectivity index (χ3v) is 6.74. The predicted octanol–water partition coefficient (Wildman–Crippen LogP) is 6.31. The monoisotopic (exact) mass is 456 g/mol. The molecule has 1 aromatic rings. The molecule has 2 aliphatic rings. The third-order valence-electron chi connectivity index (χ3n) is 5.73. The first kappa shape index (κ1) is 19.6. The summed E-state index contributed by atoms with van der Waals surface area (Å²) in [6, 6.07) is 10.4. The van der Waals surface area contributed by atoms with Crippen LogP contribution in [0.3, 0.4) is 0 Å². The lowest BCUT2D eigenvalue weighted by atomic mass is 9.82. The van der Waals surface area contributed by atoms with Crippen molar-refractivity contribution in [2.24, 2.45) is 5.92 Å². The molecule has 25 heavy (non-hydrogen) atoms. The topological polar surface area (TPSA) is 18.5 Å². The smallest absolute Gasteiger partial charge is 0.0716 e. The van der Waals surface area contributed by atoms with Crippen LogP contribution in [0.15, 0.2) is 30.3 Å². The molecule has 0 amide bonds. The minimum Gasteiger partial charge on any atom is -0.377 e. The van der Waals surface area contributed by atoms with Crippen molar-refractivity contribution >= 4 is 22.6 Å². The second-order valence-electron chi connectivity index (χ2n) is 7.80. The van der Waals surface area contributed by atoms with E-state index in [0.29, 0.717) is 12.2 Å². The fourth-order valence-electron chi connectivity index (χ4n) is 4.33. The number of ether oxygens (including phenoxy) is 2. The maximum atomic E-state index is 6.53. The highest BCUT2D eigenvalue weighted by Gasteiger charge is 2.33. The van der Waals surface area contributed by atoms with Gasteiger partial charge in [0.05, 0.1) is 18.8 Å². The van der Waals surface area contributed by atoms with Gasteiger partial charge in [0, 0.05) is 10.5 Å². The summed E-state index contributed by atoms with van der Waals surface area (Å²) < 4.78 is 13.1. The second kappa shape index (κ2) is 10.9. The van der Waals surface area contributed by atoms with E-state index in [2.05, 4.69) is 52.9 Å². The minimum atomic E-state index is 0.483. The largest absolute Gasteiger partial charge is 0.377 e. The molecule has 1 saturated heterocycles. The second-order valence-corrected chi connectivity index (χ2v) is 9.56. The number of benzene rings is 1. The molecule has 1 aliphatic heterocycles. The van der Waals surface area contributed by atoms with Gasteiger partial charge in [0.2, 0.25) is 0 Å². The quantitative estimate of drug-likeness (QED) is 0.260. The molecule has 1 saturated carbocycles. The first-order valence-electron chi connectivity index (χ1n) is 10.2. The molecule has 0 N–H and O–H groups in total. The minimum absolute atomic E-state index is 0.483. The molecule has 1 aromatic carbocycles. The molecule has 0 spiro atoms. The number of alkyl halides is 1. The van der Waals surface area contributed by atoms with E-state index < -0.39 is 0 Å². The Balaban J connectivity index is 1.30. The standard InChI is InChI=1S/C22H33IO2/c23-20-15-21(25-22(16-20)19-11-5-2-6-12-19)13-7-8-14-24-17-18-9-3-1-4-10-18/h1,3-4,9-10,19-22H,2,5-8,11-17H2/t20-,21?,22+/m0/s1. The Morgan fingerprint density at radius 2 is 1.80 bits per heavy atom. The first-order chi connectivity index (χ1) is 12.3. The van der Waals surface area contributed by atoms with Crippen LogP contribution in [-0.2, 0) is 16.1 Å². The van der Waals surface area contributed by atoms with Gasteiger partial charge >= 0.3 is 0 Å². The van der Waals surface area contributed by atoms with Gasteiger partial charge in [-0.05, 0) is 56.4 Å². The lowest BCUT2D eigenvalue weighted by Crippen LogP contribution is -2.38. The summed E-state index contributed by atoms with van der Waals surface area (Å²) in [7, 11) is 0.